The Labute approximate surface area is 186 Å². The van der Waals surface area contributed by atoms with Crippen molar-refractivity contribution in [2.75, 3.05) is 0 Å². The zero-order chi connectivity index (χ0) is 21.4. The van der Waals surface area contributed by atoms with E-state index in [0.717, 1.165) is 22.4 Å². The standard InChI is InChI=1S/C25H23ClN4O/c26-20-9-5-4-8-18(20)21-19(14-27)24(28)31-25-22(21)23(29-30-25)17-12-10-16(11-13-17)15-6-2-1-3-7-15/h4-5,8-13,15,21H,1-3,6-7,28H2,(H,29,30)/t21-/m1/s1. The summed E-state index contributed by atoms with van der Waals surface area (Å²) in [5.41, 5.74) is 11.2. The molecule has 1 aliphatic carbocycles. The third-order valence-electron chi connectivity index (χ3n) is 6.43. The number of nitrogens with zero attached hydrogens (tertiary/aromatic N) is 2. The predicted octanol–water partition coefficient (Wildman–Crippen LogP) is 6.00. The molecule has 1 aliphatic heterocycles. The highest BCUT2D eigenvalue weighted by Crippen LogP contribution is 2.47. The van der Waals surface area contributed by atoms with Gasteiger partial charge in [-0.1, -0.05) is 73.3 Å². The SMILES string of the molecule is N#CC1=C(N)Oc2n[nH]c(-c3ccc(C4CCCCC4)cc3)c2[C@@H]1c1ccccc1Cl. The van der Waals surface area contributed by atoms with Crippen LogP contribution >= 0.6 is 11.6 Å². The number of hydrogen-bond donors (Lipinski definition) is 2. The molecule has 0 bridgehead atoms. The lowest BCUT2D eigenvalue weighted by Gasteiger charge is -2.25. The summed E-state index contributed by atoms with van der Waals surface area (Å²) in [6, 6.07) is 18.4. The van der Waals surface area contributed by atoms with E-state index in [1.165, 1.54) is 37.7 Å². The maximum atomic E-state index is 9.85. The fourth-order valence-electron chi connectivity index (χ4n) is 4.84. The van der Waals surface area contributed by atoms with E-state index in [1.54, 1.807) is 0 Å². The molecule has 6 heteroatoms. The third kappa shape index (κ3) is 3.47. The Kier molecular flexibility index (Phi) is 5.17. The molecule has 0 unspecified atom stereocenters. The van der Waals surface area contributed by atoms with Crippen molar-refractivity contribution in [2.24, 2.45) is 5.73 Å². The van der Waals surface area contributed by atoms with E-state index < -0.39 is 5.92 Å². The predicted molar refractivity (Wildman–Crippen MR) is 121 cm³/mol. The van der Waals surface area contributed by atoms with Crippen molar-refractivity contribution >= 4 is 11.6 Å². The van der Waals surface area contributed by atoms with Crippen molar-refractivity contribution in [1.29, 1.82) is 5.26 Å². The highest BCUT2D eigenvalue weighted by Gasteiger charge is 2.36. The van der Waals surface area contributed by atoms with Crippen LogP contribution in [0.3, 0.4) is 0 Å². The minimum absolute atomic E-state index is 0.0608. The van der Waals surface area contributed by atoms with Crippen molar-refractivity contribution in [3.05, 3.63) is 81.7 Å². The first-order chi connectivity index (χ1) is 15.2. The number of aromatic nitrogens is 2. The van der Waals surface area contributed by atoms with Gasteiger partial charge >= 0.3 is 0 Å². The molecule has 2 aliphatic rings. The number of allylic oxidation sites excluding steroid dienone is 1. The van der Waals surface area contributed by atoms with E-state index in [9.17, 15) is 5.26 Å². The quantitative estimate of drug-likeness (QED) is 0.533. The molecule has 156 valence electrons. The van der Waals surface area contributed by atoms with Gasteiger partial charge < -0.3 is 10.5 Å². The highest BCUT2D eigenvalue weighted by molar-refractivity contribution is 6.31. The maximum Gasteiger partial charge on any atom is 0.244 e. The Morgan fingerprint density at radius 3 is 2.52 bits per heavy atom. The number of rotatable bonds is 3. The van der Waals surface area contributed by atoms with E-state index in [-0.39, 0.29) is 5.88 Å². The molecule has 1 fully saturated rings. The summed E-state index contributed by atoms with van der Waals surface area (Å²) in [7, 11) is 0. The highest BCUT2D eigenvalue weighted by atomic mass is 35.5. The Bertz CT molecular complexity index is 1180. The van der Waals surface area contributed by atoms with Crippen LogP contribution in [0.1, 0.15) is 60.6 Å². The van der Waals surface area contributed by atoms with E-state index in [1.807, 2.05) is 24.3 Å². The number of nitrogens with two attached hydrogens (primary N) is 1. The molecule has 1 saturated carbocycles. The topological polar surface area (TPSA) is 87.7 Å². The summed E-state index contributed by atoms with van der Waals surface area (Å²) in [5.74, 6) is 0.637. The molecule has 3 N–H and O–H groups in total. The first-order valence-corrected chi connectivity index (χ1v) is 11.1. The molecule has 2 aromatic carbocycles. The number of fused-ring (bicyclic) bond motifs is 1. The molecule has 5 rings (SSSR count). The second-order valence-corrected chi connectivity index (χ2v) is 8.63. The first kappa shape index (κ1) is 19.7. The van der Waals surface area contributed by atoms with Crippen LogP contribution in [0.4, 0.5) is 0 Å². The van der Waals surface area contributed by atoms with Crippen LogP contribution in [0.15, 0.2) is 60.0 Å². The van der Waals surface area contributed by atoms with Gasteiger partial charge in [0.1, 0.15) is 11.6 Å². The van der Waals surface area contributed by atoms with E-state index >= 15 is 0 Å². The van der Waals surface area contributed by atoms with E-state index in [4.69, 9.17) is 22.1 Å². The number of nitrogens with one attached hydrogen (secondary N) is 1. The van der Waals surface area contributed by atoms with Crippen LogP contribution in [0.25, 0.3) is 11.3 Å². The monoisotopic (exact) mass is 430 g/mol. The van der Waals surface area contributed by atoms with Gasteiger partial charge in [-0.2, -0.15) is 5.26 Å². The summed E-state index contributed by atoms with van der Waals surface area (Å²) in [6.45, 7) is 0. The lowest BCUT2D eigenvalue weighted by molar-refractivity contribution is 0.379. The molecular weight excluding hydrogens is 408 g/mol. The van der Waals surface area contributed by atoms with Crippen LogP contribution in [-0.4, -0.2) is 10.2 Å². The zero-order valence-electron chi connectivity index (χ0n) is 17.1. The van der Waals surface area contributed by atoms with Gasteiger partial charge in [0.2, 0.25) is 11.8 Å². The summed E-state index contributed by atoms with van der Waals surface area (Å²) in [5, 5.41) is 17.9. The van der Waals surface area contributed by atoms with Crippen molar-refractivity contribution in [3.63, 3.8) is 0 Å². The Morgan fingerprint density at radius 1 is 1.06 bits per heavy atom. The van der Waals surface area contributed by atoms with Gasteiger partial charge in [-0.25, -0.2) is 0 Å². The lowest BCUT2D eigenvalue weighted by atomic mass is 9.82. The van der Waals surface area contributed by atoms with Crippen LogP contribution in [0.2, 0.25) is 5.02 Å². The largest absolute Gasteiger partial charge is 0.420 e. The van der Waals surface area contributed by atoms with Gasteiger partial charge in [0.25, 0.3) is 0 Å². The normalized spacial score (nSPS) is 18.9. The van der Waals surface area contributed by atoms with Crippen molar-refractivity contribution < 1.29 is 4.74 Å². The summed E-state index contributed by atoms with van der Waals surface area (Å²) in [4.78, 5) is 0. The van der Waals surface area contributed by atoms with Crippen molar-refractivity contribution in [2.45, 2.75) is 43.9 Å². The molecule has 0 saturated heterocycles. The minimum atomic E-state index is -0.450. The smallest absolute Gasteiger partial charge is 0.244 e. The average Bonchev–Trinajstić information content (AvgIpc) is 3.23. The average molecular weight is 431 g/mol. The van der Waals surface area contributed by atoms with Gasteiger partial charge in [-0.05, 0) is 36.0 Å². The molecule has 1 aromatic heterocycles. The number of benzene rings is 2. The minimum Gasteiger partial charge on any atom is -0.420 e. The van der Waals surface area contributed by atoms with Crippen molar-refractivity contribution in [1.82, 2.24) is 10.2 Å². The van der Waals surface area contributed by atoms with Gasteiger partial charge in [0, 0.05) is 10.6 Å². The summed E-state index contributed by atoms with van der Waals surface area (Å²) in [6.07, 6.45) is 6.48. The van der Waals surface area contributed by atoms with E-state index in [0.29, 0.717) is 22.4 Å². The van der Waals surface area contributed by atoms with Crippen LogP contribution in [-0.2, 0) is 0 Å². The molecule has 3 aromatic rings. The van der Waals surface area contributed by atoms with Gasteiger partial charge in [-0.15, -0.1) is 5.10 Å². The first-order valence-electron chi connectivity index (χ1n) is 10.7. The Morgan fingerprint density at radius 2 is 1.81 bits per heavy atom. The summed E-state index contributed by atoms with van der Waals surface area (Å²) < 4.78 is 5.70. The van der Waals surface area contributed by atoms with Gasteiger partial charge in [0.05, 0.1) is 17.2 Å². The second-order valence-electron chi connectivity index (χ2n) is 8.22. The molecule has 2 heterocycles. The molecule has 5 nitrogen and oxygen atoms in total. The Hall–Kier alpha value is -3.23. The number of ether oxygens (including phenoxy) is 1. The summed E-state index contributed by atoms with van der Waals surface area (Å²) >= 11 is 6.52. The van der Waals surface area contributed by atoms with Crippen LogP contribution in [0, 0.1) is 11.3 Å². The number of aromatic amines is 1. The molecule has 0 spiro atoms. The van der Waals surface area contributed by atoms with Gasteiger partial charge in [0.15, 0.2) is 0 Å². The fraction of sp³-hybridized carbons (Fsp3) is 0.280. The van der Waals surface area contributed by atoms with E-state index in [2.05, 4.69) is 40.5 Å². The third-order valence-corrected chi connectivity index (χ3v) is 6.78. The zero-order valence-corrected chi connectivity index (χ0v) is 17.8. The number of hydrogen-bond acceptors (Lipinski definition) is 4. The molecule has 0 amide bonds. The molecule has 1 atom stereocenters. The molecule has 31 heavy (non-hydrogen) atoms. The number of H-pyrrole nitrogens is 1. The van der Waals surface area contributed by atoms with Crippen molar-refractivity contribution in [3.8, 4) is 23.2 Å². The molecular formula is C25H23ClN4O. The number of nitriles is 1. The van der Waals surface area contributed by atoms with Crippen LogP contribution < -0.4 is 10.5 Å². The fourth-order valence-corrected chi connectivity index (χ4v) is 5.09. The lowest BCUT2D eigenvalue weighted by Crippen LogP contribution is -2.21. The Balaban J connectivity index is 1.59. The molecule has 0 radical (unpaired) electrons. The van der Waals surface area contributed by atoms with Crippen LogP contribution in [0.5, 0.6) is 5.88 Å². The van der Waals surface area contributed by atoms with Gasteiger partial charge in [-0.3, -0.25) is 5.10 Å². The second kappa shape index (κ2) is 8.13. The maximum absolute atomic E-state index is 9.85. The number of halogens is 1.